The van der Waals surface area contributed by atoms with Gasteiger partial charge in [0.25, 0.3) is 5.91 Å². The van der Waals surface area contributed by atoms with Gasteiger partial charge in [-0.3, -0.25) is 4.79 Å². The Morgan fingerprint density at radius 2 is 2.27 bits per heavy atom. The highest BCUT2D eigenvalue weighted by molar-refractivity contribution is 5.98. The average molecular weight is 304 g/mol. The molecule has 0 bridgehead atoms. The summed E-state index contributed by atoms with van der Waals surface area (Å²) in [5, 5.41) is 0.724. The lowest BCUT2D eigenvalue weighted by Crippen LogP contribution is -2.46. The summed E-state index contributed by atoms with van der Waals surface area (Å²) in [4.78, 5) is 17.8. The fourth-order valence-corrected chi connectivity index (χ4v) is 3.07. The zero-order chi connectivity index (χ0) is 15.5. The molecule has 1 N–H and O–H groups in total. The molecule has 22 heavy (non-hydrogen) atoms. The van der Waals surface area contributed by atoms with E-state index in [2.05, 4.69) is 4.98 Å². The van der Waals surface area contributed by atoms with Crippen LogP contribution in [0.1, 0.15) is 36.7 Å². The van der Waals surface area contributed by atoms with Crippen LogP contribution in [0.5, 0.6) is 0 Å². The summed E-state index contributed by atoms with van der Waals surface area (Å²) in [5.41, 5.74) is 1.30. The Balaban J connectivity index is 1.83. The van der Waals surface area contributed by atoms with Crippen molar-refractivity contribution < 1.29 is 13.9 Å². The molecule has 3 rings (SSSR count). The van der Waals surface area contributed by atoms with Gasteiger partial charge in [0.2, 0.25) is 0 Å². The third kappa shape index (κ3) is 2.99. The molecule has 0 aliphatic carbocycles. The largest absolute Gasteiger partial charge is 0.380 e. The number of ether oxygens (including phenoxy) is 1. The van der Waals surface area contributed by atoms with E-state index in [1.165, 1.54) is 12.1 Å². The van der Waals surface area contributed by atoms with E-state index in [1.54, 1.807) is 12.1 Å². The van der Waals surface area contributed by atoms with Gasteiger partial charge in [0.1, 0.15) is 11.5 Å². The van der Waals surface area contributed by atoms with Gasteiger partial charge in [-0.25, -0.2) is 4.39 Å². The Bertz CT molecular complexity index is 668. The van der Waals surface area contributed by atoms with Crippen molar-refractivity contribution in [2.45, 2.75) is 32.2 Å². The number of H-pyrrole nitrogens is 1. The van der Waals surface area contributed by atoms with Crippen LogP contribution >= 0.6 is 0 Å². The van der Waals surface area contributed by atoms with Gasteiger partial charge in [-0.1, -0.05) is 0 Å². The topological polar surface area (TPSA) is 45.3 Å². The highest BCUT2D eigenvalue weighted by Gasteiger charge is 2.28. The van der Waals surface area contributed by atoms with E-state index in [0.717, 1.165) is 36.7 Å². The maximum absolute atomic E-state index is 13.3. The third-order valence-electron chi connectivity index (χ3n) is 4.22. The zero-order valence-corrected chi connectivity index (χ0v) is 12.8. The van der Waals surface area contributed by atoms with Gasteiger partial charge in [0.05, 0.1) is 12.6 Å². The van der Waals surface area contributed by atoms with Gasteiger partial charge < -0.3 is 14.6 Å². The van der Waals surface area contributed by atoms with Crippen molar-refractivity contribution in [3.63, 3.8) is 0 Å². The van der Waals surface area contributed by atoms with Gasteiger partial charge in [0, 0.05) is 24.1 Å². The summed E-state index contributed by atoms with van der Waals surface area (Å²) in [6, 6.07) is 6.36. The molecule has 0 radical (unpaired) electrons. The van der Waals surface area contributed by atoms with E-state index >= 15 is 0 Å². The Morgan fingerprint density at radius 3 is 3.09 bits per heavy atom. The van der Waals surface area contributed by atoms with Crippen LogP contribution in [0.2, 0.25) is 0 Å². The fourth-order valence-electron chi connectivity index (χ4n) is 3.07. The third-order valence-corrected chi connectivity index (χ3v) is 4.22. The van der Waals surface area contributed by atoms with E-state index in [0.29, 0.717) is 18.9 Å². The molecule has 1 aliphatic rings. The van der Waals surface area contributed by atoms with Gasteiger partial charge in [-0.05, 0) is 50.5 Å². The normalized spacial score (nSPS) is 18.8. The number of aromatic nitrogens is 1. The molecule has 5 heteroatoms. The Morgan fingerprint density at radius 1 is 1.41 bits per heavy atom. The van der Waals surface area contributed by atoms with Crippen LogP contribution in [0, 0.1) is 5.82 Å². The lowest BCUT2D eigenvalue weighted by molar-refractivity contribution is 0.0339. The molecule has 1 aliphatic heterocycles. The lowest BCUT2D eigenvalue weighted by Gasteiger charge is -2.35. The minimum Gasteiger partial charge on any atom is -0.380 e. The number of hydrogen-bond donors (Lipinski definition) is 1. The van der Waals surface area contributed by atoms with E-state index < -0.39 is 0 Å². The Hall–Kier alpha value is -1.88. The van der Waals surface area contributed by atoms with Crippen LogP contribution in [-0.4, -0.2) is 41.6 Å². The first-order valence-corrected chi connectivity index (χ1v) is 7.86. The second-order valence-corrected chi connectivity index (χ2v) is 5.72. The van der Waals surface area contributed by atoms with Crippen LogP contribution in [0.3, 0.4) is 0 Å². The van der Waals surface area contributed by atoms with Crippen LogP contribution in [0.25, 0.3) is 10.9 Å². The number of halogens is 1. The van der Waals surface area contributed by atoms with Crippen molar-refractivity contribution >= 4 is 16.8 Å². The fraction of sp³-hybridized carbons (Fsp3) is 0.471. The molecule has 2 heterocycles. The summed E-state index contributed by atoms with van der Waals surface area (Å²) in [6.45, 7) is 3.95. The number of amides is 1. The van der Waals surface area contributed by atoms with Crippen molar-refractivity contribution in [2.75, 3.05) is 19.8 Å². The molecule has 118 valence electrons. The molecule has 0 saturated carbocycles. The molecule has 1 aromatic heterocycles. The minimum atomic E-state index is -0.294. The SMILES string of the molecule is CCOCC1CCCCN1C(=O)c1cc2cc(F)ccc2[nH]1. The summed E-state index contributed by atoms with van der Waals surface area (Å²) in [5.74, 6) is -0.321. The monoisotopic (exact) mass is 304 g/mol. The van der Waals surface area contributed by atoms with Crippen LogP contribution in [0.4, 0.5) is 4.39 Å². The van der Waals surface area contributed by atoms with Crippen molar-refractivity contribution in [1.29, 1.82) is 0 Å². The number of aromatic amines is 1. The molecular formula is C17H21FN2O2. The van der Waals surface area contributed by atoms with Crippen LogP contribution in [0.15, 0.2) is 24.3 Å². The summed E-state index contributed by atoms with van der Waals surface area (Å²) in [7, 11) is 0. The van der Waals surface area contributed by atoms with Gasteiger partial charge in [0.15, 0.2) is 0 Å². The molecule has 1 aromatic carbocycles. The van der Waals surface area contributed by atoms with Gasteiger partial charge in [-0.2, -0.15) is 0 Å². The number of carbonyl (C=O) groups excluding carboxylic acids is 1. The Labute approximate surface area is 129 Å². The van der Waals surface area contributed by atoms with Crippen LogP contribution < -0.4 is 0 Å². The minimum absolute atomic E-state index is 0.0268. The number of hydrogen-bond acceptors (Lipinski definition) is 2. The number of piperidine rings is 1. The second-order valence-electron chi connectivity index (χ2n) is 5.72. The zero-order valence-electron chi connectivity index (χ0n) is 12.8. The van der Waals surface area contributed by atoms with Crippen molar-refractivity contribution in [1.82, 2.24) is 9.88 Å². The predicted octanol–water partition coefficient (Wildman–Crippen LogP) is 3.34. The highest BCUT2D eigenvalue weighted by Crippen LogP contribution is 2.22. The van der Waals surface area contributed by atoms with E-state index in [4.69, 9.17) is 4.74 Å². The quantitative estimate of drug-likeness (QED) is 0.941. The number of carbonyl (C=O) groups is 1. The second kappa shape index (κ2) is 6.48. The van der Waals surface area contributed by atoms with E-state index in [1.807, 2.05) is 11.8 Å². The van der Waals surface area contributed by atoms with Crippen LogP contribution in [-0.2, 0) is 4.74 Å². The Kier molecular flexibility index (Phi) is 4.43. The molecule has 0 spiro atoms. The molecule has 1 saturated heterocycles. The van der Waals surface area contributed by atoms with Gasteiger partial charge in [-0.15, -0.1) is 0 Å². The number of nitrogens with one attached hydrogen (secondary N) is 1. The van der Waals surface area contributed by atoms with Crippen molar-refractivity contribution in [3.05, 3.63) is 35.8 Å². The smallest absolute Gasteiger partial charge is 0.270 e. The number of likely N-dealkylation sites (tertiary alicyclic amines) is 1. The molecule has 1 fully saturated rings. The number of benzene rings is 1. The first kappa shape index (κ1) is 15.0. The molecule has 2 aromatic rings. The summed E-state index contributed by atoms with van der Waals surface area (Å²) >= 11 is 0. The summed E-state index contributed by atoms with van der Waals surface area (Å²) < 4.78 is 18.8. The molecule has 1 atom stereocenters. The first-order chi connectivity index (χ1) is 10.7. The van der Waals surface area contributed by atoms with Crippen molar-refractivity contribution in [2.24, 2.45) is 0 Å². The predicted molar refractivity (Wildman–Crippen MR) is 83.4 cm³/mol. The standard InChI is InChI=1S/C17H21FN2O2/c1-2-22-11-14-5-3-4-8-20(14)17(21)16-10-12-9-13(18)6-7-15(12)19-16/h6-7,9-10,14,19H,2-5,8,11H2,1H3. The van der Waals surface area contributed by atoms with Crippen molar-refractivity contribution in [3.8, 4) is 0 Å². The number of nitrogens with zero attached hydrogens (tertiary/aromatic N) is 1. The molecule has 4 nitrogen and oxygen atoms in total. The summed E-state index contributed by atoms with van der Waals surface area (Å²) in [6.07, 6.45) is 3.11. The first-order valence-electron chi connectivity index (χ1n) is 7.86. The maximum atomic E-state index is 13.3. The van der Waals surface area contributed by atoms with Gasteiger partial charge >= 0.3 is 0 Å². The molecule has 1 unspecified atom stereocenters. The lowest BCUT2D eigenvalue weighted by atomic mass is 10.0. The maximum Gasteiger partial charge on any atom is 0.270 e. The molecular weight excluding hydrogens is 283 g/mol. The highest BCUT2D eigenvalue weighted by atomic mass is 19.1. The number of rotatable bonds is 4. The number of fused-ring (bicyclic) bond motifs is 1. The molecule has 1 amide bonds. The van der Waals surface area contributed by atoms with E-state index in [-0.39, 0.29) is 17.8 Å². The average Bonchev–Trinajstić information content (AvgIpc) is 2.95. The van der Waals surface area contributed by atoms with E-state index in [9.17, 15) is 9.18 Å².